The molecule has 19 heavy (non-hydrogen) atoms. The van der Waals surface area contributed by atoms with Crippen molar-refractivity contribution in [2.75, 3.05) is 19.1 Å². The highest BCUT2D eigenvalue weighted by Crippen LogP contribution is 2.32. The van der Waals surface area contributed by atoms with E-state index in [0.29, 0.717) is 13.2 Å². The molecule has 2 rings (SSSR count). The van der Waals surface area contributed by atoms with Gasteiger partial charge in [-0.25, -0.2) is 0 Å². The molecule has 104 valence electrons. The molecule has 4 nitrogen and oxygen atoms in total. The minimum absolute atomic E-state index is 0.0267. The average molecular weight is 284 g/mol. The molecule has 1 atom stereocenters. The molecular weight excluding hydrogens is 266 g/mol. The second kappa shape index (κ2) is 6.66. The van der Waals surface area contributed by atoms with Crippen LogP contribution in [0.15, 0.2) is 18.2 Å². The molecule has 1 aromatic rings. The summed E-state index contributed by atoms with van der Waals surface area (Å²) in [5, 5.41) is 2.89. The molecule has 0 bridgehead atoms. The monoisotopic (exact) mass is 283 g/mol. The number of nitrogens with one attached hydrogen (secondary N) is 1. The van der Waals surface area contributed by atoms with Gasteiger partial charge in [-0.1, -0.05) is 13.0 Å². The van der Waals surface area contributed by atoms with Gasteiger partial charge in [-0.05, 0) is 24.1 Å². The molecule has 1 heterocycles. The normalized spacial score (nSPS) is 15.5. The lowest BCUT2D eigenvalue weighted by Crippen LogP contribution is -2.29. The Hall–Kier alpha value is -1.42. The zero-order chi connectivity index (χ0) is 13.7. The first-order valence-electron chi connectivity index (χ1n) is 6.49. The molecule has 0 aliphatic carbocycles. The van der Waals surface area contributed by atoms with Crippen LogP contribution in [-0.2, 0) is 4.79 Å². The molecule has 5 heteroatoms. The zero-order valence-corrected chi connectivity index (χ0v) is 11.7. The summed E-state index contributed by atoms with van der Waals surface area (Å²) < 4.78 is 11.2. The molecule has 1 amide bonds. The highest BCUT2D eigenvalue weighted by molar-refractivity contribution is 6.27. The van der Waals surface area contributed by atoms with Gasteiger partial charge in [-0.15, -0.1) is 11.6 Å². The second-order valence-electron chi connectivity index (χ2n) is 4.42. The van der Waals surface area contributed by atoms with Crippen molar-refractivity contribution < 1.29 is 14.3 Å². The molecule has 1 unspecified atom stereocenters. The van der Waals surface area contributed by atoms with Gasteiger partial charge in [-0.3, -0.25) is 4.79 Å². The van der Waals surface area contributed by atoms with E-state index in [9.17, 15) is 4.79 Å². The maximum absolute atomic E-state index is 11.4. The minimum atomic E-state index is -0.166. The third kappa shape index (κ3) is 3.53. The van der Waals surface area contributed by atoms with Crippen molar-refractivity contribution in [3.05, 3.63) is 23.8 Å². The lowest BCUT2D eigenvalue weighted by molar-refractivity contribution is -0.119. The third-order valence-corrected chi connectivity index (χ3v) is 3.28. The maximum atomic E-state index is 11.4. The van der Waals surface area contributed by atoms with Crippen molar-refractivity contribution in [1.29, 1.82) is 0 Å². The van der Waals surface area contributed by atoms with Gasteiger partial charge in [0, 0.05) is 6.42 Å². The van der Waals surface area contributed by atoms with Crippen molar-refractivity contribution in [2.24, 2.45) is 0 Å². The topological polar surface area (TPSA) is 47.6 Å². The Balaban J connectivity index is 2.19. The summed E-state index contributed by atoms with van der Waals surface area (Å²) in [5.74, 6) is 1.31. The first-order valence-corrected chi connectivity index (χ1v) is 7.03. The molecule has 0 fully saturated rings. The van der Waals surface area contributed by atoms with Crippen LogP contribution in [0.5, 0.6) is 11.5 Å². The van der Waals surface area contributed by atoms with Crippen LogP contribution in [0.4, 0.5) is 0 Å². The van der Waals surface area contributed by atoms with E-state index in [2.05, 4.69) is 5.32 Å². The van der Waals surface area contributed by atoms with Gasteiger partial charge in [0.25, 0.3) is 0 Å². The zero-order valence-electron chi connectivity index (χ0n) is 10.9. The van der Waals surface area contributed by atoms with E-state index in [-0.39, 0.29) is 17.8 Å². The number of carbonyl (C=O) groups excluding carboxylic acids is 1. The molecule has 0 saturated carbocycles. The van der Waals surface area contributed by atoms with Gasteiger partial charge in [0.2, 0.25) is 5.91 Å². The number of amides is 1. The molecule has 0 saturated heterocycles. The molecule has 0 radical (unpaired) electrons. The fourth-order valence-electron chi connectivity index (χ4n) is 2.05. The van der Waals surface area contributed by atoms with Crippen LogP contribution in [0.1, 0.15) is 31.4 Å². The second-order valence-corrected chi connectivity index (χ2v) is 4.69. The van der Waals surface area contributed by atoms with Gasteiger partial charge in [0.15, 0.2) is 11.5 Å². The largest absolute Gasteiger partial charge is 0.490 e. The van der Waals surface area contributed by atoms with Crippen LogP contribution in [0.3, 0.4) is 0 Å². The van der Waals surface area contributed by atoms with Gasteiger partial charge in [-0.2, -0.15) is 0 Å². The standard InChI is InChI=1S/C14H18ClNO3/c1-2-11(16-14(17)9-15)10-4-5-12-13(8-10)19-7-3-6-18-12/h4-5,8,11H,2-3,6-7,9H2,1H3,(H,16,17). The summed E-state index contributed by atoms with van der Waals surface area (Å²) in [6.45, 7) is 3.34. The number of alkyl halides is 1. The Morgan fingerprint density at radius 1 is 1.37 bits per heavy atom. The first kappa shape index (κ1) is 14.0. The van der Waals surface area contributed by atoms with Crippen molar-refractivity contribution in [3.8, 4) is 11.5 Å². The fourth-order valence-corrected chi connectivity index (χ4v) is 2.13. The molecule has 0 aromatic heterocycles. The SMILES string of the molecule is CCC(NC(=O)CCl)c1ccc2c(c1)OCCCO2. The van der Waals surface area contributed by atoms with Gasteiger partial charge in [0.1, 0.15) is 5.88 Å². The van der Waals surface area contributed by atoms with Crippen LogP contribution < -0.4 is 14.8 Å². The summed E-state index contributed by atoms with van der Waals surface area (Å²) in [6.07, 6.45) is 1.67. The Morgan fingerprint density at radius 2 is 2.11 bits per heavy atom. The van der Waals surface area contributed by atoms with E-state index in [4.69, 9.17) is 21.1 Å². The van der Waals surface area contributed by atoms with E-state index in [1.807, 2.05) is 25.1 Å². The Morgan fingerprint density at radius 3 is 2.79 bits per heavy atom. The number of rotatable bonds is 4. The quantitative estimate of drug-likeness (QED) is 0.864. The lowest BCUT2D eigenvalue weighted by atomic mass is 10.0. The molecule has 0 spiro atoms. The molecule has 1 aliphatic heterocycles. The number of hydrogen-bond donors (Lipinski definition) is 1. The first-order chi connectivity index (χ1) is 9.24. The Labute approximate surface area is 118 Å². The van der Waals surface area contributed by atoms with E-state index in [0.717, 1.165) is 29.9 Å². The van der Waals surface area contributed by atoms with E-state index in [1.165, 1.54) is 0 Å². The van der Waals surface area contributed by atoms with Crippen LogP contribution in [-0.4, -0.2) is 25.0 Å². The Bertz CT molecular complexity index is 450. The van der Waals surface area contributed by atoms with Crippen molar-refractivity contribution in [2.45, 2.75) is 25.8 Å². The van der Waals surface area contributed by atoms with Gasteiger partial charge >= 0.3 is 0 Å². The van der Waals surface area contributed by atoms with Crippen LogP contribution >= 0.6 is 11.6 Å². The molecular formula is C14H18ClNO3. The number of ether oxygens (including phenoxy) is 2. The predicted octanol–water partition coefficient (Wildman–Crippen LogP) is 2.65. The summed E-state index contributed by atoms with van der Waals surface area (Å²) in [5.41, 5.74) is 1.00. The van der Waals surface area contributed by atoms with Crippen LogP contribution in [0.2, 0.25) is 0 Å². The lowest BCUT2D eigenvalue weighted by Gasteiger charge is -2.18. The minimum Gasteiger partial charge on any atom is -0.490 e. The van der Waals surface area contributed by atoms with Crippen LogP contribution in [0.25, 0.3) is 0 Å². The molecule has 1 aromatic carbocycles. The fraction of sp³-hybridized carbons (Fsp3) is 0.500. The van der Waals surface area contributed by atoms with Crippen molar-refractivity contribution in [1.82, 2.24) is 5.32 Å². The molecule has 1 N–H and O–H groups in total. The average Bonchev–Trinajstić information content (AvgIpc) is 2.68. The third-order valence-electron chi connectivity index (χ3n) is 3.04. The number of carbonyl (C=O) groups is 1. The van der Waals surface area contributed by atoms with Gasteiger partial charge < -0.3 is 14.8 Å². The number of halogens is 1. The number of fused-ring (bicyclic) bond motifs is 1. The summed E-state index contributed by atoms with van der Waals surface area (Å²) >= 11 is 5.52. The maximum Gasteiger partial charge on any atom is 0.235 e. The summed E-state index contributed by atoms with van der Waals surface area (Å²) in [6, 6.07) is 5.73. The number of benzene rings is 1. The van der Waals surface area contributed by atoms with Crippen molar-refractivity contribution in [3.63, 3.8) is 0 Å². The summed E-state index contributed by atoms with van der Waals surface area (Å²) in [7, 11) is 0. The van der Waals surface area contributed by atoms with E-state index >= 15 is 0 Å². The highest BCUT2D eigenvalue weighted by atomic mass is 35.5. The van der Waals surface area contributed by atoms with Crippen LogP contribution in [0, 0.1) is 0 Å². The smallest absolute Gasteiger partial charge is 0.235 e. The van der Waals surface area contributed by atoms with Gasteiger partial charge in [0.05, 0.1) is 19.3 Å². The highest BCUT2D eigenvalue weighted by Gasteiger charge is 2.16. The van der Waals surface area contributed by atoms with E-state index in [1.54, 1.807) is 0 Å². The summed E-state index contributed by atoms with van der Waals surface area (Å²) in [4.78, 5) is 11.4. The van der Waals surface area contributed by atoms with Crippen molar-refractivity contribution >= 4 is 17.5 Å². The number of hydrogen-bond acceptors (Lipinski definition) is 3. The molecule has 1 aliphatic rings. The predicted molar refractivity (Wildman–Crippen MR) is 73.9 cm³/mol. The Kier molecular flexibility index (Phi) is 4.91. The van der Waals surface area contributed by atoms with E-state index < -0.39 is 0 Å².